The van der Waals surface area contributed by atoms with Crippen LogP contribution < -0.4 is 10.1 Å². The van der Waals surface area contributed by atoms with Crippen molar-refractivity contribution < 1.29 is 14.6 Å². The molecule has 0 unspecified atom stereocenters. The molecule has 3 rings (SSSR count). The zero-order valence-corrected chi connectivity index (χ0v) is 12.8. The van der Waals surface area contributed by atoms with Crippen molar-refractivity contribution >= 4 is 34.5 Å². The molecule has 118 valence electrons. The summed E-state index contributed by atoms with van der Waals surface area (Å²) in [7, 11) is 0. The molecule has 0 bridgehead atoms. The van der Waals surface area contributed by atoms with E-state index in [2.05, 4.69) is 5.32 Å². The van der Waals surface area contributed by atoms with Crippen LogP contribution in [0.15, 0.2) is 40.1 Å². The average Bonchev–Trinajstić information content (AvgIpc) is 2.51. The Morgan fingerprint density at radius 1 is 1.13 bits per heavy atom. The van der Waals surface area contributed by atoms with Gasteiger partial charge in [-0.3, -0.25) is 20.2 Å². The quantitative estimate of drug-likeness (QED) is 0.565. The Labute approximate surface area is 134 Å². The van der Waals surface area contributed by atoms with Crippen molar-refractivity contribution in [2.75, 3.05) is 11.9 Å². The molecule has 0 saturated heterocycles. The summed E-state index contributed by atoms with van der Waals surface area (Å²) in [6.07, 6.45) is 0. The van der Waals surface area contributed by atoms with E-state index in [1.807, 2.05) is 13.0 Å². The van der Waals surface area contributed by atoms with Gasteiger partial charge in [0, 0.05) is 21.9 Å². The van der Waals surface area contributed by atoms with E-state index in [9.17, 15) is 20.2 Å². The van der Waals surface area contributed by atoms with Crippen molar-refractivity contribution in [3.05, 3.63) is 50.6 Å². The largest absolute Gasteiger partial charge is 0.494 e. The number of nitrogens with one attached hydrogen (secondary N) is 1. The number of ether oxygens (including phenoxy) is 1. The molecule has 0 aromatic heterocycles. The molecule has 1 aliphatic rings. The zero-order chi connectivity index (χ0) is 16.6. The van der Waals surface area contributed by atoms with Crippen LogP contribution in [-0.2, 0) is 0 Å². The lowest BCUT2D eigenvalue weighted by molar-refractivity contribution is -0.393. The van der Waals surface area contributed by atoms with Crippen LogP contribution in [-0.4, -0.2) is 16.5 Å². The second kappa shape index (κ2) is 5.76. The van der Waals surface area contributed by atoms with E-state index in [0.717, 1.165) is 11.0 Å². The molecule has 23 heavy (non-hydrogen) atoms. The Hall–Kier alpha value is -2.81. The van der Waals surface area contributed by atoms with Crippen molar-refractivity contribution in [3.63, 3.8) is 0 Å². The number of nitrogens with zero attached hydrogens (tertiary/aromatic N) is 2. The van der Waals surface area contributed by atoms with E-state index in [4.69, 9.17) is 4.74 Å². The van der Waals surface area contributed by atoms with Gasteiger partial charge in [0.2, 0.25) is 0 Å². The summed E-state index contributed by atoms with van der Waals surface area (Å²) in [5.41, 5.74) is 0.297. The third-order valence-corrected chi connectivity index (χ3v) is 4.33. The number of nitro groups is 2. The smallest absolute Gasteiger partial charge is 0.300 e. The number of nitro benzene ring substituents is 2. The molecule has 0 saturated carbocycles. The zero-order valence-electron chi connectivity index (χ0n) is 11.9. The maximum Gasteiger partial charge on any atom is 0.300 e. The summed E-state index contributed by atoms with van der Waals surface area (Å²) >= 11 is 1.25. The SMILES string of the molecule is CCOc1ccc2c(c1)Nc1c(cc([N+](=O)[O-])cc1[N+](=O)[O-])S2. The third-order valence-electron chi connectivity index (χ3n) is 3.22. The predicted molar refractivity (Wildman–Crippen MR) is 84.8 cm³/mol. The maximum atomic E-state index is 11.2. The summed E-state index contributed by atoms with van der Waals surface area (Å²) in [4.78, 5) is 22.2. The van der Waals surface area contributed by atoms with Crippen LogP contribution in [0.25, 0.3) is 0 Å². The molecule has 0 spiro atoms. The molecular weight excluding hydrogens is 322 g/mol. The molecule has 2 aromatic carbocycles. The molecule has 0 fully saturated rings. The normalized spacial score (nSPS) is 11.9. The number of fused-ring (bicyclic) bond motifs is 2. The molecule has 1 N–H and O–H groups in total. The standard InChI is InChI=1S/C14H11N3O5S/c1-2-22-9-3-4-12-10(7-9)15-14-11(17(20)21)5-8(16(18)19)6-13(14)23-12/h3-7,15H,2H2,1H3. The molecule has 0 atom stereocenters. The molecule has 8 nitrogen and oxygen atoms in total. The number of hydrogen-bond acceptors (Lipinski definition) is 7. The van der Waals surface area contributed by atoms with E-state index in [1.165, 1.54) is 17.8 Å². The molecule has 1 aliphatic heterocycles. The fourth-order valence-corrected chi connectivity index (χ4v) is 3.28. The second-order valence-electron chi connectivity index (χ2n) is 4.67. The Balaban J connectivity index is 2.09. The molecule has 1 heterocycles. The highest BCUT2D eigenvalue weighted by Gasteiger charge is 2.28. The van der Waals surface area contributed by atoms with Gasteiger partial charge in [-0.2, -0.15) is 0 Å². The summed E-state index contributed by atoms with van der Waals surface area (Å²) in [6.45, 7) is 2.37. The highest BCUT2D eigenvalue weighted by Crippen LogP contribution is 2.50. The highest BCUT2D eigenvalue weighted by atomic mass is 32.2. The van der Waals surface area contributed by atoms with Gasteiger partial charge in [0.25, 0.3) is 5.69 Å². The molecule has 0 radical (unpaired) electrons. The number of rotatable bonds is 4. The van der Waals surface area contributed by atoms with Crippen molar-refractivity contribution in [1.29, 1.82) is 0 Å². The first-order valence-electron chi connectivity index (χ1n) is 6.68. The number of anilines is 2. The lowest BCUT2D eigenvalue weighted by Crippen LogP contribution is -2.05. The topological polar surface area (TPSA) is 108 Å². The van der Waals surface area contributed by atoms with Gasteiger partial charge in [0.1, 0.15) is 11.4 Å². The van der Waals surface area contributed by atoms with Crippen LogP contribution in [0.2, 0.25) is 0 Å². The van der Waals surface area contributed by atoms with Crippen molar-refractivity contribution in [2.24, 2.45) is 0 Å². The highest BCUT2D eigenvalue weighted by molar-refractivity contribution is 7.99. The second-order valence-corrected chi connectivity index (χ2v) is 5.75. The van der Waals surface area contributed by atoms with Gasteiger partial charge in [-0.1, -0.05) is 11.8 Å². The fraction of sp³-hybridized carbons (Fsp3) is 0.143. The molecule has 0 aliphatic carbocycles. The van der Waals surface area contributed by atoms with Crippen LogP contribution in [0.4, 0.5) is 22.7 Å². The summed E-state index contributed by atoms with van der Waals surface area (Å²) in [5, 5.41) is 25.2. The third kappa shape index (κ3) is 2.78. The lowest BCUT2D eigenvalue weighted by Gasteiger charge is -2.21. The maximum absolute atomic E-state index is 11.2. The Bertz CT molecular complexity index is 824. The van der Waals surface area contributed by atoms with Gasteiger partial charge in [-0.05, 0) is 19.1 Å². The number of non-ortho nitro benzene ring substituents is 1. The molecule has 2 aromatic rings. The minimum atomic E-state index is -0.637. The van der Waals surface area contributed by atoms with Crippen molar-refractivity contribution in [1.82, 2.24) is 0 Å². The van der Waals surface area contributed by atoms with Crippen LogP contribution in [0.1, 0.15) is 6.92 Å². The lowest BCUT2D eigenvalue weighted by atomic mass is 10.2. The summed E-state index contributed by atoms with van der Waals surface area (Å²) in [6, 6.07) is 7.64. The van der Waals surface area contributed by atoms with Gasteiger partial charge < -0.3 is 10.1 Å². The van der Waals surface area contributed by atoms with E-state index < -0.39 is 9.85 Å². The van der Waals surface area contributed by atoms with Crippen LogP contribution in [0.3, 0.4) is 0 Å². The Kier molecular flexibility index (Phi) is 3.78. The first-order valence-corrected chi connectivity index (χ1v) is 7.49. The number of hydrogen-bond donors (Lipinski definition) is 1. The molecular formula is C14H11N3O5S. The molecule has 0 amide bonds. The Morgan fingerprint density at radius 3 is 2.57 bits per heavy atom. The van der Waals surface area contributed by atoms with Crippen LogP contribution >= 0.6 is 11.8 Å². The Morgan fingerprint density at radius 2 is 1.91 bits per heavy atom. The predicted octanol–water partition coefficient (Wildman–Crippen LogP) is 4.11. The number of benzene rings is 2. The van der Waals surface area contributed by atoms with Gasteiger partial charge in [0.05, 0.1) is 28.2 Å². The van der Waals surface area contributed by atoms with Crippen molar-refractivity contribution in [3.8, 4) is 5.75 Å². The fourth-order valence-electron chi connectivity index (χ4n) is 2.25. The van der Waals surface area contributed by atoms with E-state index in [-0.39, 0.29) is 17.1 Å². The minimum Gasteiger partial charge on any atom is -0.494 e. The molecule has 9 heteroatoms. The van der Waals surface area contributed by atoms with Crippen LogP contribution in [0.5, 0.6) is 5.75 Å². The summed E-state index contributed by atoms with van der Waals surface area (Å²) < 4.78 is 5.42. The van der Waals surface area contributed by atoms with E-state index in [1.54, 1.807) is 12.1 Å². The monoisotopic (exact) mass is 333 g/mol. The van der Waals surface area contributed by atoms with Gasteiger partial charge in [0.15, 0.2) is 0 Å². The first kappa shape index (κ1) is 15.1. The van der Waals surface area contributed by atoms with Crippen molar-refractivity contribution in [2.45, 2.75) is 16.7 Å². The van der Waals surface area contributed by atoms with Gasteiger partial charge >= 0.3 is 5.69 Å². The van der Waals surface area contributed by atoms with Gasteiger partial charge in [-0.15, -0.1) is 0 Å². The van der Waals surface area contributed by atoms with E-state index >= 15 is 0 Å². The first-order chi connectivity index (χ1) is 11.0. The van der Waals surface area contributed by atoms with Gasteiger partial charge in [-0.25, -0.2) is 0 Å². The average molecular weight is 333 g/mol. The van der Waals surface area contributed by atoms with Crippen LogP contribution in [0, 0.1) is 20.2 Å². The summed E-state index contributed by atoms with van der Waals surface area (Å²) in [5.74, 6) is 0.646. The van der Waals surface area contributed by atoms with E-state index in [0.29, 0.717) is 22.9 Å². The minimum absolute atomic E-state index is 0.256.